The Bertz CT molecular complexity index is 448. The predicted octanol–water partition coefficient (Wildman–Crippen LogP) is 3.04. The maximum atomic E-state index is 13.6. The van der Waals surface area contributed by atoms with Crippen LogP contribution in [0.5, 0.6) is 0 Å². The van der Waals surface area contributed by atoms with E-state index < -0.39 is 35.3 Å². The lowest BCUT2D eigenvalue weighted by molar-refractivity contribution is -0.138. The average Bonchev–Trinajstić information content (AvgIpc) is 3.09. The molecule has 0 radical (unpaired) electrons. The Morgan fingerprint density at radius 1 is 1.26 bits per heavy atom. The van der Waals surface area contributed by atoms with Gasteiger partial charge in [0.1, 0.15) is 5.82 Å². The van der Waals surface area contributed by atoms with E-state index >= 15 is 0 Å². The maximum Gasteiger partial charge on any atom is 0.416 e. The van der Waals surface area contributed by atoms with Crippen LogP contribution in [0, 0.1) is 11.7 Å². The largest absolute Gasteiger partial charge is 0.416 e. The second-order valence-corrected chi connectivity index (χ2v) is 4.55. The van der Waals surface area contributed by atoms with E-state index in [4.69, 9.17) is 5.73 Å². The van der Waals surface area contributed by atoms with Crippen molar-refractivity contribution in [2.75, 3.05) is 0 Å². The Balaban J connectivity index is 0.00000180. The van der Waals surface area contributed by atoms with Crippen molar-refractivity contribution in [1.82, 2.24) is 0 Å². The van der Waals surface area contributed by atoms with Gasteiger partial charge in [0.15, 0.2) is 0 Å². The zero-order chi connectivity index (χ0) is 13.5. The summed E-state index contributed by atoms with van der Waals surface area (Å²) in [7, 11) is 0. The molecule has 2 atom stereocenters. The number of hydrogen-bond acceptors (Lipinski definition) is 2. The van der Waals surface area contributed by atoms with Gasteiger partial charge in [-0.2, -0.15) is 13.2 Å². The van der Waals surface area contributed by atoms with Gasteiger partial charge >= 0.3 is 6.18 Å². The standard InChI is InChI=1S/C12H13F4NO.ClH/c13-8-3-1-2-7(12(14,15)16)9(8)10(17)11(18)6-4-5-6;/h1-3,6,10-11,18H,4-5,17H2;1H/t10-,11+;/m1./s1. The highest BCUT2D eigenvalue weighted by Gasteiger charge is 2.41. The second kappa shape index (κ2) is 5.64. The van der Waals surface area contributed by atoms with Crippen LogP contribution < -0.4 is 5.73 Å². The molecule has 2 rings (SSSR count). The number of aliphatic hydroxyl groups is 1. The van der Waals surface area contributed by atoms with Gasteiger partial charge in [0.05, 0.1) is 17.7 Å². The lowest BCUT2D eigenvalue weighted by Crippen LogP contribution is -2.31. The fourth-order valence-corrected chi connectivity index (χ4v) is 2.02. The molecule has 2 nitrogen and oxygen atoms in total. The average molecular weight is 300 g/mol. The van der Waals surface area contributed by atoms with Gasteiger partial charge in [0.2, 0.25) is 0 Å². The highest BCUT2D eigenvalue weighted by molar-refractivity contribution is 5.85. The summed E-state index contributed by atoms with van der Waals surface area (Å²) in [4.78, 5) is 0. The van der Waals surface area contributed by atoms with Gasteiger partial charge in [0, 0.05) is 5.56 Å². The van der Waals surface area contributed by atoms with E-state index in [-0.39, 0.29) is 18.3 Å². The number of hydrogen-bond donors (Lipinski definition) is 2. The first kappa shape index (κ1) is 16.2. The van der Waals surface area contributed by atoms with Gasteiger partial charge in [-0.1, -0.05) is 6.07 Å². The van der Waals surface area contributed by atoms with Crippen LogP contribution >= 0.6 is 12.4 Å². The van der Waals surface area contributed by atoms with E-state index in [1.54, 1.807) is 0 Å². The van der Waals surface area contributed by atoms with E-state index in [1.165, 1.54) is 0 Å². The SMILES string of the molecule is Cl.N[C@H](c1c(F)cccc1C(F)(F)F)[C@@H](O)C1CC1. The number of benzene rings is 1. The van der Waals surface area contributed by atoms with Crippen molar-refractivity contribution in [3.8, 4) is 0 Å². The van der Waals surface area contributed by atoms with Crippen LogP contribution in [-0.4, -0.2) is 11.2 Å². The minimum absolute atomic E-state index is 0. The first-order valence-electron chi connectivity index (χ1n) is 5.61. The quantitative estimate of drug-likeness (QED) is 0.843. The summed E-state index contributed by atoms with van der Waals surface area (Å²) in [6.45, 7) is 0. The number of nitrogens with two attached hydrogens (primary N) is 1. The van der Waals surface area contributed by atoms with Crippen LogP contribution in [-0.2, 0) is 6.18 Å². The third-order valence-electron chi connectivity index (χ3n) is 3.16. The molecule has 19 heavy (non-hydrogen) atoms. The molecule has 0 amide bonds. The Morgan fingerprint density at radius 3 is 2.32 bits per heavy atom. The van der Waals surface area contributed by atoms with Crippen LogP contribution in [0.1, 0.15) is 30.0 Å². The Morgan fingerprint density at radius 2 is 1.84 bits per heavy atom. The van der Waals surface area contributed by atoms with Crippen molar-refractivity contribution in [2.45, 2.75) is 31.2 Å². The van der Waals surface area contributed by atoms with Gasteiger partial charge in [-0.15, -0.1) is 12.4 Å². The molecule has 0 heterocycles. The molecule has 0 aliphatic heterocycles. The molecule has 1 fully saturated rings. The third kappa shape index (κ3) is 3.38. The van der Waals surface area contributed by atoms with Gasteiger partial charge < -0.3 is 10.8 Å². The molecule has 0 aromatic heterocycles. The highest BCUT2D eigenvalue weighted by atomic mass is 35.5. The van der Waals surface area contributed by atoms with Crippen molar-refractivity contribution < 1.29 is 22.7 Å². The van der Waals surface area contributed by atoms with Gasteiger partial charge in [-0.05, 0) is 30.9 Å². The van der Waals surface area contributed by atoms with Crippen molar-refractivity contribution in [3.63, 3.8) is 0 Å². The first-order chi connectivity index (χ1) is 8.32. The maximum absolute atomic E-state index is 13.6. The molecular formula is C12H14ClF4NO. The molecular weight excluding hydrogens is 286 g/mol. The molecule has 1 aromatic carbocycles. The topological polar surface area (TPSA) is 46.2 Å². The summed E-state index contributed by atoms with van der Waals surface area (Å²) in [5.41, 5.74) is 3.82. The summed E-state index contributed by atoms with van der Waals surface area (Å²) >= 11 is 0. The molecule has 0 spiro atoms. The summed E-state index contributed by atoms with van der Waals surface area (Å²) in [5.74, 6) is -1.15. The lowest BCUT2D eigenvalue weighted by atomic mass is 9.94. The van der Waals surface area contributed by atoms with Crippen molar-refractivity contribution in [3.05, 3.63) is 35.1 Å². The summed E-state index contributed by atoms with van der Waals surface area (Å²) < 4.78 is 51.9. The Labute approximate surface area is 114 Å². The van der Waals surface area contributed by atoms with Gasteiger partial charge in [0.25, 0.3) is 0 Å². The van der Waals surface area contributed by atoms with Crippen LogP contribution in [0.4, 0.5) is 17.6 Å². The fraction of sp³-hybridized carbons (Fsp3) is 0.500. The zero-order valence-electron chi connectivity index (χ0n) is 9.82. The smallest absolute Gasteiger partial charge is 0.391 e. The molecule has 0 saturated heterocycles. The summed E-state index contributed by atoms with van der Waals surface area (Å²) in [6, 6.07) is 1.33. The van der Waals surface area contributed by atoms with Crippen molar-refractivity contribution >= 4 is 12.4 Å². The monoisotopic (exact) mass is 299 g/mol. The van der Waals surface area contributed by atoms with Crippen LogP contribution in [0.2, 0.25) is 0 Å². The lowest BCUT2D eigenvalue weighted by Gasteiger charge is -2.23. The van der Waals surface area contributed by atoms with E-state index in [0.717, 1.165) is 18.2 Å². The molecule has 1 aliphatic carbocycles. The Kier molecular flexibility index (Phi) is 4.81. The molecule has 1 saturated carbocycles. The molecule has 1 aromatic rings. The van der Waals surface area contributed by atoms with E-state index in [9.17, 15) is 22.7 Å². The minimum Gasteiger partial charge on any atom is -0.391 e. The van der Waals surface area contributed by atoms with Crippen molar-refractivity contribution in [1.29, 1.82) is 0 Å². The molecule has 1 aliphatic rings. The van der Waals surface area contributed by atoms with Gasteiger partial charge in [-0.3, -0.25) is 0 Å². The molecule has 0 unspecified atom stereocenters. The summed E-state index contributed by atoms with van der Waals surface area (Å²) in [6.07, 6.45) is -4.39. The van der Waals surface area contributed by atoms with E-state index in [2.05, 4.69) is 0 Å². The number of aliphatic hydroxyl groups excluding tert-OH is 1. The number of rotatable bonds is 3. The normalized spacial score (nSPS) is 18.6. The molecule has 7 heteroatoms. The van der Waals surface area contributed by atoms with Crippen LogP contribution in [0.25, 0.3) is 0 Å². The van der Waals surface area contributed by atoms with Crippen molar-refractivity contribution in [2.24, 2.45) is 11.7 Å². The van der Waals surface area contributed by atoms with Crippen LogP contribution in [0.3, 0.4) is 0 Å². The van der Waals surface area contributed by atoms with E-state index in [0.29, 0.717) is 12.8 Å². The van der Waals surface area contributed by atoms with E-state index in [1.807, 2.05) is 0 Å². The number of alkyl halides is 3. The minimum atomic E-state index is -4.68. The molecule has 3 N–H and O–H groups in total. The Hall–Kier alpha value is -0.850. The van der Waals surface area contributed by atoms with Gasteiger partial charge in [-0.25, -0.2) is 4.39 Å². The summed E-state index contributed by atoms with van der Waals surface area (Å²) in [5, 5.41) is 9.77. The van der Waals surface area contributed by atoms with Crippen LogP contribution in [0.15, 0.2) is 18.2 Å². The first-order valence-corrected chi connectivity index (χ1v) is 5.61. The fourth-order valence-electron chi connectivity index (χ4n) is 2.02. The second-order valence-electron chi connectivity index (χ2n) is 4.55. The third-order valence-corrected chi connectivity index (χ3v) is 3.16. The number of halogens is 5. The zero-order valence-corrected chi connectivity index (χ0v) is 10.6. The highest BCUT2D eigenvalue weighted by Crippen LogP contribution is 2.41. The molecule has 108 valence electrons. The molecule has 0 bridgehead atoms. The predicted molar refractivity (Wildman–Crippen MR) is 64.3 cm³/mol.